The number of hydrogen-bond donors (Lipinski definition) is 2. The van der Waals surface area contributed by atoms with Crippen LogP contribution < -0.4 is 10.6 Å². The predicted octanol–water partition coefficient (Wildman–Crippen LogP) is 0.900. The van der Waals surface area contributed by atoms with Crippen molar-refractivity contribution in [3.63, 3.8) is 0 Å². The van der Waals surface area contributed by atoms with E-state index in [1.807, 2.05) is 0 Å². The summed E-state index contributed by atoms with van der Waals surface area (Å²) in [6.45, 7) is 9.60. The maximum atomic E-state index is 5.68. The smallest absolute Gasteiger partial charge is 0.191 e. The van der Waals surface area contributed by atoms with Gasteiger partial charge in [0.1, 0.15) is 0 Å². The lowest BCUT2D eigenvalue weighted by atomic mass is 10.3. The molecule has 0 aromatic heterocycles. The van der Waals surface area contributed by atoms with Crippen molar-refractivity contribution in [2.75, 3.05) is 46.4 Å². The Morgan fingerprint density at radius 1 is 1.39 bits per heavy atom. The largest absolute Gasteiger partial charge is 0.374 e. The first-order valence-corrected chi connectivity index (χ1v) is 6.58. The SMILES string of the molecule is CCCNC(=NCC1CN(C)CCO1)NCC.I. The van der Waals surface area contributed by atoms with E-state index in [1.165, 1.54) is 0 Å². The minimum Gasteiger partial charge on any atom is -0.374 e. The molecule has 0 aromatic carbocycles. The molecule has 1 unspecified atom stereocenters. The van der Waals surface area contributed by atoms with E-state index < -0.39 is 0 Å². The second-order valence-corrected chi connectivity index (χ2v) is 4.40. The summed E-state index contributed by atoms with van der Waals surface area (Å²) in [5.41, 5.74) is 0. The summed E-state index contributed by atoms with van der Waals surface area (Å²) >= 11 is 0. The van der Waals surface area contributed by atoms with Crippen LogP contribution in [0.15, 0.2) is 4.99 Å². The number of rotatable bonds is 5. The number of aliphatic imine (C=N–C) groups is 1. The van der Waals surface area contributed by atoms with E-state index in [-0.39, 0.29) is 30.1 Å². The fraction of sp³-hybridized carbons (Fsp3) is 0.917. The topological polar surface area (TPSA) is 48.9 Å². The monoisotopic (exact) mass is 370 g/mol. The Hall–Kier alpha value is -0.0800. The van der Waals surface area contributed by atoms with Gasteiger partial charge >= 0.3 is 0 Å². The molecule has 1 saturated heterocycles. The summed E-state index contributed by atoms with van der Waals surface area (Å²) in [5, 5.41) is 6.53. The summed E-state index contributed by atoms with van der Waals surface area (Å²) in [6.07, 6.45) is 1.33. The van der Waals surface area contributed by atoms with E-state index in [1.54, 1.807) is 0 Å². The van der Waals surface area contributed by atoms with Gasteiger partial charge in [-0.25, -0.2) is 0 Å². The molecule has 5 nitrogen and oxygen atoms in total. The molecule has 0 amide bonds. The highest BCUT2D eigenvalue weighted by Gasteiger charge is 2.17. The second-order valence-electron chi connectivity index (χ2n) is 4.40. The molecule has 1 aliphatic heterocycles. The zero-order valence-electron chi connectivity index (χ0n) is 11.7. The fourth-order valence-corrected chi connectivity index (χ4v) is 1.76. The van der Waals surface area contributed by atoms with Crippen molar-refractivity contribution in [2.45, 2.75) is 26.4 Å². The van der Waals surface area contributed by atoms with Crippen molar-refractivity contribution < 1.29 is 4.74 Å². The first kappa shape index (κ1) is 17.9. The first-order valence-electron chi connectivity index (χ1n) is 6.58. The molecule has 0 saturated carbocycles. The Morgan fingerprint density at radius 3 is 2.78 bits per heavy atom. The summed E-state index contributed by atoms with van der Waals surface area (Å²) in [6, 6.07) is 0. The van der Waals surface area contributed by atoms with Crippen LogP contribution in [0.25, 0.3) is 0 Å². The van der Waals surface area contributed by atoms with Gasteiger partial charge in [-0.3, -0.25) is 4.99 Å². The maximum Gasteiger partial charge on any atom is 0.191 e. The van der Waals surface area contributed by atoms with Crippen molar-refractivity contribution in [3.05, 3.63) is 0 Å². The lowest BCUT2D eigenvalue weighted by Gasteiger charge is -2.29. The van der Waals surface area contributed by atoms with Gasteiger partial charge in [-0.1, -0.05) is 6.92 Å². The first-order chi connectivity index (χ1) is 8.26. The standard InChI is InChI=1S/C12H26N4O.HI/c1-4-6-14-12(13-5-2)15-9-11-10-16(3)7-8-17-11;/h11H,4-10H2,1-3H3,(H2,13,14,15);1H. The second kappa shape index (κ2) is 10.8. The fourth-order valence-electron chi connectivity index (χ4n) is 1.76. The molecule has 0 aliphatic carbocycles. The molecular formula is C12H27IN4O. The van der Waals surface area contributed by atoms with Crippen LogP contribution in [0.1, 0.15) is 20.3 Å². The molecule has 0 bridgehead atoms. The maximum absolute atomic E-state index is 5.68. The predicted molar refractivity (Wildman–Crippen MR) is 86.9 cm³/mol. The van der Waals surface area contributed by atoms with E-state index in [2.05, 4.69) is 41.4 Å². The molecule has 1 atom stereocenters. The molecule has 1 rings (SSSR count). The molecular weight excluding hydrogens is 343 g/mol. The Kier molecular flexibility index (Phi) is 10.8. The van der Waals surface area contributed by atoms with Crippen molar-refractivity contribution in [3.8, 4) is 0 Å². The Morgan fingerprint density at radius 2 is 2.17 bits per heavy atom. The number of guanidine groups is 1. The van der Waals surface area contributed by atoms with Gasteiger partial charge in [-0.05, 0) is 20.4 Å². The zero-order valence-corrected chi connectivity index (χ0v) is 14.1. The molecule has 0 radical (unpaired) electrons. The molecule has 6 heteroatoms. The average molecular weight is 370 g/mol. The van der Waals surface area contributed by atoms with E-state index >= 15 is 0 Å². The van der Waals surface area contributed by atoms with Crippen molar-refractivity contribution in [2.24, 2.45) is 4.99 Å². The highest BCUT2D eigenvalue weighted by Crippen LogP contribution is 2.02. The molecule has 108 valence electrons. The molecule has 1 fully saturated rings. The molecule has 1 heterocycles. The van der Waals surface area contributed by atoms with Crippen LogP contribution >= 0.6 is 24.0 Å². The minimum absolute atomic E-state index is 0. The van der Waals surface area contributed by atoms with Gasteiger partial charge in [-0.2, -0.15) is 0 Å². The number of ether oxygens (including phenoxy) is 1. The van der Waals surface area contributed by atoms with Crippen molar-refractivity contribution >= 4 is 29.9 Å². The highest BCUT2D eigenvalue weighted by molar-refractivity contribution is 14.0. The molecule has 0 spiro atoms. The Bertz CT molecular complexity index is 238. The minimum atomic E-state index is 0. The zero-order chi connectivity index (χ0) is 12.5. The van der Waals surface area contributed by atoms with Gasteiger partial charge in [0.25, 0.3) is 0 Å². The number of halogens is 1. The molecule has 2 N–H and O–H groups in total. The van der Waals surface area contributed by atoms with Crippen LogP contribution in [0.3, 0.4) is 0 Å². The third-order valence-corrected chi connectivity index (χ3v) is 2.68. The summed E-state index contributed by atoms with van der Waals surface area (Å²) in [4.78, 5) is 6.84. The lowest BCUT2D eigenvalue weighted by Crippen LogP contribution is -2.43. The van der Waals surface area contributed by atoms with Gasteiger partial charge in [-0.15, -0.1) is 24.0 Å². The van der Waals surface area contributed by atoms with Crippen molar-refractivity contribution in [1.29, 1.82) is 0 Å². The van der Waals surface area contributed by atoms with Crippen LogP contribution in [-0.4, -0.2) is 63.3 Å². The number of nitrogens with one attached hydrogen (secondary N) is 2. The number of hydrogen-bond acceptors (Lipinski definition) is 3. The van der Waals surface area contributed by atoms with E-state index in [4.69, 9.17) is 4.74 Å². The third kappa shape index (κ3) is 7.38. The molecule has 1 aliphatic rings. The van der Waals surface area contributed by atoms with Crippen LogP contribution in [0.5, 0.6) is 0 Å². The average Bonchev–Trinajstić information content (AvgIpc) is 2.33. The third-order valence-electron chi connectivity index (χ3n) is 2.68. The van der Waals surface area contributed by atoms with E-state index in [9.17, 15) is 0 Å². The van der Waals surface area contributed by atoms with Gasteiger partial charge in [0.05, 0.1) is 19.3 Å². The molecule has 18 heavy (non-hydrogen) atoms. The van der Waals surface area contributed by atoms with Gasteiger partial charge in [0.2, 0.25) is 0 Å². The van der Waals surface area contributed by atoms with Crippen LogP contribution in [0.4, 0.5) is 0 Å². The van der Waals surface area contributed by atoms with E-state index in [0.717, 1.165) is 51.7 Å². The Labute approximate surface area is 128 Å². The molecule has 0 aromatic rings. The van der Waals surface area contributed by atoms with Crippen molar-refractivity contribution in [1.82, 2.24) is 15.5 Å². The summed E-state index contributed by atoms with van der Waals surface area (Å²) in [5.74, 6) is 0.895. The van der Waals surface area contributed by atoms with Crippen LogP contribution in [0, 0.1) is 0 Å². The number of morpholine rings is 1. The number of likely N-dealkylation sites (N-methyl/N-ethyl adjacent to an activating group) is 1. The van der Waals surface area contributed by atoms with Crippen LogP contribution in [0.2, 0.25) is 0 Å². The highest BCUT2D eigenvalue weighted by atomic mass is 127. The van der Waals surface area contributed by atoms with E-state index in [0.29, 0.717) is 0 Å². The number of nitrogens with zero attached hydrogens (tertiary/aromatic N) is 2. The lowest BCUT2D eigenvalue weighted by molar-refractivity contribution is -0.0136. The van der Waals surface area contributed by atoms with Gasteiger partial charge < -0.3 is 20.3 Å². The summed E-state index contributed by atoms with van der Waals surface area (Å²) < 4.78 is 5.68. The normalized spacial score (nSPS) is 21.3. The van der Waals surface area contributed by atoms with Gasteiger partial charge in [0.15, 0.2) is 5.96 Å². The Balaban J connectivity index is 0.00000289. The summed E-state index contributed by atoms with van der Waals surface area (Å²) in [7, 11) is 2.12. The van der Waals surface area contributed by atoms with Crippen LogP contribution in [-0.2, 0) is 4.74 Å². The van der Waals surface area contributed by atoms with Gasteiger partial charge in [0, 0.05) is 26.2 Å². The quantitative estimate of drug-likeness (QED) is 0.429.